The third kappa shape index (κ3) is 2.14. The van der Waals surface area contributed by atoms with Crippen LogP contribution in [0, 0.1) is 19.7 Å². The van der Waals surface area contributed by atoms with E-state index in [2.05, 4.69) is 10.1 Å². The second kappa shape index (κ2) is 4.66. The quantitative estimate of drug-likeness (QED) is 0.786. The Balaban J connectivity index is 2.35. The van der Waals surface area contributed by atoms with Crippen molar-refractivity contribution in [1.29, 1.82) is 0 Å². The van der Waals surface area contributed by atoms with Crippen LogP contribution >= 0.6 is 0 Å². The SMILES string of the molecule is Cc1cc(C(=O)O)c2c(C)nn(-c3ccc(F)cc3)c2n1. The maximum absolute atomic E-state index is 13.0. The van der Waals surface area contributed by atoms with Crippen LogP contribution in [0.15, 0.2) is 30.3 Å². The number of carboxylic acid groups (broad SMARTS) is 1. The number of nitrogens with zero attached hydrogens (tertiary/aromatic N) is 3. The van der Waals surface area contributed by atoms with Crippen LogP contribution in [0.2, 0.25) is 0 Å². The summed E-state index contributed by atoms with van der Waals surface area (Å²) in [6, 6.07) is 7.32. The van der Waals surface area contributed by atoms with Gasteiger partial charge in [0, 0.05) is 5.69 Å². The van der Waals surface area contributed by atoms with Gasteiger partial charge in [0.2, 0.25) is 0 Å². The van der Waals surface area contributed by atoms with E-state index in [1.54, 1.807) is 26.0 Å². The van der Waals surface area contributed by atoms with Crippen LogP contribution in [-0.2, 0) is 0 Å². The van der Waals surface area contributed by atoms with E-state index < -0.39 is 5.97 Å². The summed E-state index contributed by atoms with van der Waals surface area (Å²) in [5.41, 5.74) is 2.41. The topological polar surface area (TPSA) is 68.0 Å². The predicted octanol–water partition coefficient (Wildman–Crippen LogP) is 2.87. The minimum atomic E-state index is -1.02. The van der Waals surface area contributed by atoms with Gasteiger partial charge in [-0.15, -0.1) is 0 Å². The Morgan fingerprint density at radius 2 is 1.90 bits per heavy atom. The van der Waals surface area contributed by atoms with Crippen molar-refractivity contribution in [2.75, 3.05) is 0 Å². The number of benzene rings is 1. The van der Waals surface area contributed by atoms with E-state index in [4.69, 9.17) is 0 Å². The molecule has 21 heavy (non-hydrogen) atoms. The first-order chi connectivity index (χ1) is 9.97. The van der Waals surface area contributed by atoms with E-state index >= 15 is 0 Å². The molecule has 0 aliphatic heterocycles. The summed E-state index contributed by atoms with van der Waals surface area (Å²) in [6.07, 6.45) is 0. The normalized spacial score (nSPS) is 11.0. The first kappa shape index (κ1) is 13.2. The minimum absolute atomic E-state index is 0.170. The second-order valence-corrected chi connectivity index (χ2v) is 4.79. The summed E-state index contributed by atoms with van der Waals surface area (Å²) in [7, 11) is 0. The molecule has 0 saturated carbocycles. The number of pyridine rings is 1. The Morgan fingerprint density at radius 1 is 1.24 bits per heavy atom. The summed E-state index contributed by atoms with van der Waals surface area (Å²) in [4.78, 5) is 15.8. The van der Waals surface area contributed by atoms with E-state index in [9.17, 15) is 14.3 Å². The summed E-state index contributed by atoms with van der Waals surface area (Å²) >= 11 is 0. The van der Waals surface area contributed by atoms with E-state index in [1.807, 2.05) is 0 Å². The maximum atomic E-state index is 13.0. The van der Waals surface area contributed by atoms with Gasteiger partial charge in [0.05, 0.1) is 22.3 Å². The van der Waals surface area contributed by atoms with Gasteiger partial charge in [-0.2, -0.15) is 5.10 Å². The van der Waals surface area contributed by atoms with Crippen molar-refractivity contribution in [3.63, 3.8) is 0 Å². The van der Waals surface area contributed by atoms with Crippen LogP contribution < -0.4 is 0 Å². The average Bonchev–Trinajstić information content (AvgIpc) is 2.76. The standard InChI is InChI=1S/C15H12FN3O2/c1-8-7-12(15(20)21)13-9(2)18-19(14(13)17-8)11-5-3-10(16)4-6-11/h3-7H,1-2H3,(H,20,21). The highest BCUT2D eigenvalue weighted by Gasteiger charge is 2.18. The Kier molecular flexibility index (Phi) is 2.94. The number of rotatable bonds is 2. The smallest absolute Gasteiger partial charge is 0.336 e. The number of aromatic nitrogens is 3. The fraction of sp³-hybridized carbons (Fsp3) is 0.133. The molecule has 1 aromatic carbocycles. The van der Waals surface area contributed by atoms with Gasteiger partial charge in [0.15, 0.2) is 5.65 Å². The van der Waals surface area contributed by atoms with E-state index in [-0.39, 0.29) is 11.4 Å². The number of hydrogen-bond acceptors (Lipinski definition) is 3. The largest absolute Gasteiger partial charge is 0.478 e. The molecule has 5 nitrogen and oxygen atoms in total. The molecular formula is C15H12FN3O2. The highest BCUT2D eigenvalue weighted by atomic mass is 19.1. The highest BCUT2D eigenvalue weighted by molar-refractivity contribution is 6.03. The van der Waals surface area contributed by atoms with Gasteiger partial charge in [0.25, 0.3) is 0 Å². The Labute approximate surface area is 119 Å². The van der Waals surface area contributed by atoms with Crippen molar-refractivity contribution in [2.24, 2.45) is 0 Å². The predicted molar refractivity (Wildman–Crippen MR) is 75.3 cm³/mol. The zero-order chi connectivity index (χ0) is 15.1. The van der Waals surface area contributed by atoms with Crippen molar-refractivity contribution in [3.05, 3.63) is 53.1 Å². The summed E-state index contributed by atoms with van der Waals surface area (Å²) in [5.74, 6) is -1.37. The van der Waals surface area contributed by atoms with Gasteiger partial charge in [-0.1, -0.05) is 0 Å². The zero-order valence-electron chi connectivity index (χ0n) is 11.5. The number of aromatic carboxylic acids is 1. The van der Waals surface area contributed by atoms with Gasteiger partial charge in [-0.05, 0) is 44.2 Å². The Bertz CT molecular complexity index is 853. The molecule has 0 fully saturated rings. The highest BCUT2D eigenvalue weighted by Crippen LogP contribution is 2.24. The third-order valence-electron chi connectivity index (χ3n) is 3.24. The van der Waals surface area contributed by atoms with Gasteiger partial charge >= 0.3 is 5.97 Å². The molecule has 0 aliphatic rings. The Morgan fingerprint density at radius 3 is 2.52 bits per heavy atom. The molecule has 1 N–H and O–H groups in total. The molecule has 0 atom stereocenters. The summed E-state index contributed by atoms with van der Waals surface area (Å²) < 4.78 is 14.6. The lowest BCUT2D eigenvalue weighted by Gasteiger charge is -2.04. The molecule has 3 rings (SSSR count). The molecule has 0 spiro atoms. The number of hydrogen-bond donors (Lipinski definition) is 1. The first-order valence-corrected chi connectivity index (χ1v) is 6.33. The molecule has 0 radical (unpaired) electrons. The molecule has 6 heteroatoms. The van der Waals surface area contributed by atoms with E-state index in [1.165, 1.54) is 22.9 Å². The van der Waals surface area contributed by atoms with Crippen LogP contribution in [-0.4, -0.2) is 25.8 Å². The van der Waals surface area contributed by atoms with Gasteiger partial charge < -0.3 is 5.11 Å². The number of carboxylic acids is 1. The maximum Gasteiger partial charge on any atom is 0.336 e. The molecular weight excluding hydrogens is 273 g/mol. The molecule has 0 amide bonds. The van der Waals surface area contributed by atoms with Gasteiger partial charge in [0.1, 0.15) is 5.82 Å². The van der Waals surface area contributed by atoms with Crippen LogP contribution in [0.25, 0.3) is 16.7 Å². The lowest BCUT2D eigenvalue weighted by Crippen LogP contribution is -2.02. The zero-order valence-corrected chi connectivity index (χ0v) is 11.5. The molecule has 0 saturated heterocycles. The Hall–Kier alpha value is -2.76. The summed E-state index contributed by atoms with van der Waals surface area (Å²) in [5, 5.41) is 14.2. The van der Waals surface area contributed by atoms with E-state index in [0.717, 1.165) is 0 Å². The average molecular weight is 285 g/mol. The van der Waals surface area contributed by atoms with E-state index in [0.29, 0.717) is 28.1 Å². The number of fused-ring (bicyclic) bond motifs is 1. The van der Waals surface area contributed by atoms with Crippen LogP contribution in [0.5, 0.6) is 0 Å². The van der Waals surface area contributed by atoms with Crippen molar-refractivity contribution in [3.8, 4) is 5.69 Å². The van der Waals surface area contributed by atoms with Crippen LogP contribution in [0.3, 0.4) is 0 Å². The number of halogens is 1. The van der Waals surface area contributed by atoms with Gasteiger partial charge in [-0.25, -0.2) is 18.9 Å². The lowest BCUT2D eigenvalue weighted by atomic mass is 10.1. The lowest BCUT2D eigenvalue weighted by molar-refractivity contribution is 0.0698. The van der Waals surface area contributed by atoms with Crippen molar-refractivity contribution < 1.29 is 14.3 Å². The van der Waals surface area contributed by atoms with Gasteiger partial charge in [-0.3, -0.25) is 0 Å². The summed E-state index contributed by atoms with van der Waals surface area (Å²) in [6.45, 7) is 3.45. The third-order valence-corrected chi connectivity index (χ3v) is 3.24. The molecule has 3 aromatic rings. The van der Waals surface area contributed by atoms with Crippen molar-refractivity contribution in [1.82, 2.24) is 14.8 Å². The molecule has 0 bridgehead atoms. The van der Waals surface area contributed by atoms with Crippen LogP contribution in [0.4, 0.5) is 4.39 Å². The minimum Gasteiger partial charge on any atom is -0.478 e. The molecule has 106 valence electrons. The molecule has 2 aromatic heterocycles. The van der Waals surface area contributed by atoms with Crippen LogP contribution in [0.1, 0.15) is 21.7 Å². The fourth-order valence-corrected chi connectivity index (χ4v) is 2.35. The molecule has 0 unspecified atom stereocenters. The van der Waals surface area contributed by atoms with Crippen molar-refractivity contribution in [2.45, 2.75) is 13.8 Å². The number of aryl methyl sites for hydroxylation is 2. The first-order valence-electron chi connectivity index (χ1n) is 6.33. The number of carbonyl (C=O) groups is 1. The fourth-order valence-electron chi connectivity index (χ4n) is 2.35. The monoisotopic (exact) mass is 285 g/mol. The molecule has 2 heterocycles. The molecule has 0 aliphatic carbocycles. The second-order valence-electron chi connectivity index (χ2n) is 4.79. The van der Waals surface area contributed by atoms with Crippen molar-refractivity contribution >= 4 is 17.0 Å².